The number of amides is 1. The maximum atomic E-state index is 12.7. The lowest BCUT2D eigenvalue weighted by atomic mass is 10.1. The summed E-state index contributed by atoms with van der Waals surface area (Å²) < 4.78 is 28.7. The number of aromatic nitrogens is 2. The van der Waals surface area contributed by atoms with Crippen molar-refractivity contribution in [2.24, 2.45) is 5.92 Å². The monoisotopic (exact) mass is 405 g/mol. The van der Waals surface area contributed by atoms with Gasteiger partial charge in [0.05, 0.1) is 28.1 Å². The molecular weight excluding hydrogens is 382 g/mol. The van der Waals surface area contributed by atoms with E-state index >= 15 is 0 Å². The van der Waals surface area contributed by atoms with E-state index in [1.165, 1.54) is 11.1 Å². The van der Waals surface area contributed by atoms with Gasteiger partial charge in [-0.05, 0) is 30.5 Å². The predicted molar refractivity (Wildman–Crippen MR) is 103 cm³/mol. The summed E-state index contributed by atoms with van der Waals surface area (Å²) in [6, 6.07) is 4.42. The van der Waals surface area contributed by atoms with E-state index in [1.54, 1.807) is 24.4 Å². The van der Waals surface area contributed by atoms with Crippen molar-refractivity contribution in [1.29, 1.82) is 0 Å². The number of ether oxygens (including phenoxy) is 1. The number of hydrogen-bond donors (Lipinski definition) is 0. The third-order valence-electron chi connectivity index (χ3n) is 4.56. The fourth-order valence-corrected chi connectivity index (χ4v) is 4.98. The zero-order valence-electron chi connectivity index (χ0n) is 15.9. The maximum absolute atomic E-state index is 12.7. The molecule has 2 aromatic rings. The highest BCUT2D eigenvalue weighted by molar-refractivity contribution is 7.91. The molecule has 9 heteroatoms. The highest BCUT2D eigenvalue weighted by atomic mass is 32.2. The Hall–Kier alpha value is -2.55. The SMILES string of the molecule is CC(C)CN(C(=O)COC(=O)c1ccc2nccnc2c1)[C@@H]1CCS(=O)(=O)C1. The van der Waals surface area contributed by atoms with E-state index in [1.807, 2.05) is 13.8 Å². The number of carbonyl (C=O) groups excluding carboxylic acids is 2. The molecule has 2 heterocycles. The van der Waals surface area contributed by atoms with Gasteiger partial charge in [-0.3, -0.25) is 14.8 Å². The highest BCUT2D eigenvalue weighted by Gasteiger charge is 2.35. The van der Waals surface area contributed by atoms with Gasteiger partial charge in [-0.1, -0.05) is 13.8 Å². The van der Waals surface area contributed by atoms with Gasteiger partial charge in [0, 0.05) is 25.0 Å². The van der Waals surface area contributed by atoms with E-state index in [-0.39, 0.29) is 34.9 Å². The van der Waals surface area contributed by atoms with Crippen LogP contribution < -0.4 is 0 Å². The number of fused-ring (bicyclic) bond motifs is 1. The Labute approximate surface area is 163 Å². The molecule has 28 heavy (non-hydrogen) atoms. The third kappa shape index (κ3) is 4.83. The van der Waals surface area contributed by atoms with E-state index in [0.29, 0.717) is 24.0 Å². The smallest absolute Gasteiger partial charge is 0.338 e. The van der Waals surface area contributed by atoms with Crippen LogP contribution in [0.1, 0.15) is 30.6 Å². The Morgan fingerprint density at radius 1 is 1.21 bits per heavy atom. The lowest BCUT2D eigenvalue weighted by Gasteiger charge is -2.29. The van der Waals surface area contributed by atoms with Gasteiger partial charge < -0.3 is 9.64 Å². The first-order valence-electron chi connectivity index (χ1n) is 9.13. The number of nitrogens with zero attached hydrogens (tertiary/aromatic N) is 3. The van der Waals surface area contributed by atoms with Crippen LogP contribution in [0.4, 0.5) is 0 Å². The van der Waals surface area contributed by atoms with Gasteiger partial charge in [0.15, 0.2) is 16.4 Å². The molecule has 0 unspecified atom stereocenters. The number of rotatable bonds is 6. The fraction of sp³-hybridized carbons (Fsp3) is 0.474. The lowest BCUT2D eigenvalue weighted by molar-refractivity contribution is -0.137. The molecule has 0 aliphatic carbocycles. The molecule has 0 radical (unpaired) electrons. The van der Waals surface area contributed by atoms with E-state index in [2.05, 4.69) is 9.97 Å². The molecule has 3 rings (SSSR count). The van der Waals surface area contributed by atoms with Crippen LogP contribution in [-0.2, 0) is 19.4 Å². The first-order valence-corrected chi connectivity index (χ1v) is 10.9. The number of carbonyl (C=O) groups is 2. The minimum atomic E-state index is -3.12. The second-order valence-electron chi connectivity index (χ2n) is 7.33. The largest absolute Gasteiger partial charge is 0.452 e. The van der Waals surface area contributed by atoms with Crippen molar-refractivity contribution in [3.63, 3.8) is 0 Å². The zero-order valence-corrected chi connectivity index (χ0v) is 16.7. The van der Waals surface area contributed by atoms with E-state index in [0.717, 1.165) is 0 Å². The Kier molecular flexibility index (Phi) is 5.93. The molecule has 150 valence electrons. The van der Waals surface area contributed by atoms with Crippen molar-refractivity contribution < 1.29 is 22.7 Å². The lowest BCUT2D eigenvalue weighted by Crippen LogP contribution is -2.45. The third-order valence-corrected chi connectivity index (χ3v) is 6.31. The minimum absolute atomic E-state index is 0.0389. The highest BCUT2D eigenvalue weighted by Crippen LogP contribution is 2.19. The summed E-state index contributed by atoms with van der Waals surface area (Å²) in [5.74, 6) is -0.809. The van der Waals surface area contributed by atoms with Crippen molar-refractivity contribution in [3.8, 4) is 0 Å². The van der Waals surface area contributed by atoms with Gasteiger partial charge in [0.25, 0.3) is 5.91 Å². The van der Waals surface area contributed by atoms with Crippen molar-refractivity contribution in [2.75, 3.05) is 24.7 Å². The average Bonchev–Trinajstić information content (AvgIpc) is 3.02. The van der Waals surface area contributed by atoms with Crippen LogP contribution in [0.3, 0.4) is 0 Å². The number of benzene rings is 1. The molecule has 1 fully saturated rings. The summed E-state index contributed by atoms with van der Waals surface area (Å²) >= 11 is 0. The van der Waals surface area contributed by atoms with E-state index < -0.39 is 22.4 Å². The van der Waals surface area contributed by atoms with Crippen LogP contribution in [0.25, 0.3) is 11.0 Å². The van der Waals surface area contributed by atoms with Crippen LogP contribution >= 0.6 is 0 Å². The molecule has 1 aliphatic rings. The minimum Gasteiger partial charge on any atom is -0.452 e. The van der Waals surface area contributed by atoms with E-state index in [9.17, 15) is 18.0 Å². The molecule has 1 aromatic heterocycles. The van der Waals surface area contributed by atoms with Gasteiger partial charge in [0.2, 0.25) is 0 Å². The molecular formula is C19H23N3O5S. The molecule has 0 spiro atoms. The molecule has 0 N–H and O–H groups in total. The summed E-state index contributed by atoms with van der Waals surface area (Å²) in [6.45, 7) is 3.89. The van der Waals surface area contributed by atoms with Crippen molar-refractivity contribution in [3.05, 3.63) is 36.2 Å². The van der Waals surface area contributed by atoms with Gasteiger partial charge in [-0.25, -0.2) is 13.2 Å². The number of esters is 1. The molecule has 1 amide bonds. The Balaban J connectivity index is 1.66. The van der Waals surface area contributed by atoms with Gasteiger partial charge in [-0.2, -0.15) is 0 Å². The Bertz CT molecular complexity index is 990. The van der Waals surface area contributed by atoms with Crippen LogP contribution in [0, 0.1) is 5.92 Å². The number of sulfone groups is 1. The van der Waals surface area contributed by atoms with Crippen LogP contribution in [0.15, 0.2) is 30.6 Å². The number of hydrogen-bond acceptors (Lipinski definition) is 7. The molecule has 8 nitrogen and oxygen atoms in total. The normalized spacial score (nSPS) is 18.3. The topological polar surface area (TPSA) is 107 Å². The fourth-order valence-electron chi connectivity index (χ4n) is 3.25. The molecule has 1 atom stereocenters. The van der Waals surface area contributed by atoms with Gasteiger partial charge >= 0.3 is 5.97 Å². The molecule has 0 saturated carbocycles. The van der Waals surface area contributed by atoms with Crippen molar-refractivity contribution in [1.82, 2.24) is 14.9 Å². The summed E-state index contributed by atoms with van der Waals surface area (Å²) in [5.41, 5.74) is 1.49. The summed E-state index contributed by atoms with van der Waals surface area (Å²) in [6.07, 6.45) is 3.50. The first kappa shape index (κ1) is 20.2. The second kappa shape index (κ2) is 8.22. The van der Waals surface area contributed by atoms with Crippen LogP contribution in [0.5, 0.6) is 0 Å². The van der Waals surface area contributed by atoms with Crippen LogP contribution in [0.2, 0.25) is 0 Å². The summed E-state index contributed by atoms with van der Waals surface area (Å²) in [4.78, 5) is 34.8. The van der Waals surface area contributed by atoms with Crippen molar-refractivity contribution >= 4 is 32.7 Å². The summed E-state index contributed by atoms with van der Waals surface area (Å²) in [7, 11) is -3.12. The van der Waals surface area contributed by atoms with Crippen LogP contribution in [-0.4, -0.2) is 65.9 Å². The van der Waals surface area contributed by atoms with E-state index in [4.69, 9.17) is 4.74 Å². The van der Waals surface area contributed by atoms with Gasteiger partial charge in [0.1, 0.15) is 0 Å². The Morgan fingerprint density at radius 3 is 2.57 bits per heavy atom. The quantitative estimate of drug-likeness (QED) is 0.670. The predicted octanol–water partition coefficient (Wildman–Crippen LogP) is 1.46. The second-order valence-corrected chi connectivity index (χ2v) is 9.56. The molecule has 0 bridgehead atoms. The molecule has 1 saturated heterocycles. The van der Waals surface area contributed by atoms with Crippen molar-refractivity contribution in [2.45, 2.75) is 26.3 Å². The zero-order chi connectivity index (χ0) is 20.3. The van der Waals surface area contributed by atoms with Gasteiger partial charge in [-0.15, -0.1) is 0 Å². The first-order chi connectivity index (χ1) is 13.2. The summed E-state index contributed by atoms with van der Waals surface area (Å²) in [5, 5.41) is 0. The standard InChI is InChI=1S/C19H23N3O5S/c1-13(2)10-22(15-5-8-28(25,26)12-15)18(23)11-27-19(24)14-3-4-16-17(9-14)21-7-6-20-16/h3-4,6-7,9,13,15H,5,8,10-12H2,1-2H3/t15-/m1/s1. The maximum Gasteiger partial charge on any atom is 0.338 e. The average molecular weight is 405 g/mol. The Morgan fingerprint density at radius 2 is 1.93 bits per heavy atom. The molecule has 1 aliphatic heterocycles. The molecule has 1 aromatic carbocycles.